The minimum atomic E-state index is -0.557. The van der Waals surface area contributed by atoms with Crippen molar-refractivity contribution in [3.8, 4) is 0 Å². The first-order valence-electron chi connectivity index (χ1n) is 10.3. The van der Waals surface area contributed by atoms with Gasteiger partial charge in [-0.2, -0.15) is 0 Å². The maximum atomic E-state index is 12.7. The van der Waals surface area contributed by atoms with Crippen molar-refractivity contribution in [2.75, 3.05) is 12.4 Å². The number of nitrogens with zero attached hydrogens (tertiary/aromatic N) is 1. The summed E-state index contributed by atoms with van der Waals surface area (Å²) in [5.41, 5.74) is 10.4. The topological polar surface area (TPSA) is 122 Å². The number of nitrogens with two attached hydrogens (primary N) is 1. The van der Waals surface area contributed by atoms with Crippen LogP contribution in [-0.4, -0.2) is 23.1 Å². The molecule has 0 saturated heterocycles. The van der Waals surface area contributed by atoms with Gasteiger partial charge in [-0.3, -0.25) is 10.1 Å². The molecule has 0 saturated carbocycles. The molecule has 0 radical (unpaired) electrons. The molecule has 33 heavy (non-hydrogen) atoms. The molecule has 166 valence electrons. The van der Waals surface area contributed by atoms with Gasteiger partial charge >= 0.3 is 6.09 Å². The van der Waals surface area contributed by atoms with Crippen LogP contribution in [0.2, 0.25) is 0 Å². The SMILES string of the molecule is CN/C(=C(/N)c1cccc(COC(=O)Nc2ccccc2)c1)c1nc2ccccc2[nH]c1=O. The third-order valence-electron chi connectivity index (χ3n) is 4.98. The Hall–Kier alpha value is -4.59. The van der Waals surface area contributed by atoms with Crippen LogP contribution in [0, 0.1) is 0 Å². The summed E-state index contributed by atoms with van der Waals surface area (Å²) in [5, 5.41) is 5.66. The summed E-state index contributed by atoms with van der Waals surface area (Å²) in [6, 6.07) is 23.6. The lowest BCUT2D eigenvalue weighted by molar-refractivity contribution is 0.155. The number of aromatic nitrogens is 2. The van der Waals surface area contributed by atoms with Gasteiger partial charge in [0.25, 0.3) is 5.56 Å². The van der Waals surface area contributed by atoms with E-state index in [1.54, 1.807) is 37.4 Å². The lowest BCUT2D eigenvalue weighted by atomic mass is 10.1. The normalized spacial score (nSPS) is 11.5. The van der Waals surface area contributed by atoms with Gasteiger partial charge in [0.05, 0.1) is 22.4 Å². The fraction of sp³-hybridized carbons (Fsp3) is 0.0800. The van der Waals surface area contributed by atoms with Gasteiger partial charge in [0.15, 0.2) is 5.69 Å². The maximum Gasteiger partial charge on any atom is 0.411 e. The summed E-state index contributed by atoms with van der Waals surface area (Å²) in [5.74, 6) is 0. The number of hydrogen-bond acceptors (Lipinski definition) is 6. The van der Waals surface area contributed by atoms with Gasteiger partial charge in [0.1, 0.15) is 6.61 Å². The Morgan fingerprint density at radius 3 is 2.58 bits per heavy atom. The number of H-pyrrole nitrogens is 1. The smallest absolute Gasteiger partial charge is 0.411 e. The third kappa shape index (κ3) is 5.01. The number of aromatic amines is 1. The minimum Gasteiger partial charge on any atom is -0.444 e. The number of anilines is 1. The molecule has 8 nitrogen and oxygen atoms in total. The van der Waals surface area contributed by atoms with Gasteiger partial charge in [0.2, 0.25) is 0 Å². The highest BCUT2D eigenvalue weighted by molar-refractivity contribution is 5.88. The number of amides is 1. The van der Waals surface area contributed by atoms with Crippen LogP contribution in [-0.2, 0) is 11.3 Å². The number of nitrogens with one attached hydrogen (secondary N) is 3. The van der Waals surface area contributed by atoms with E-state index in [9.17, 15) is 9.59 Å². The third-order valence-corrected chi connectivity index (χ3v) is 4.98. The van der Waals surface area contributed by atoms with Gasteiger partial charge < -0.3 is 20.8 Å². The largest absolute Gasteiger partial charge is 0.444 e. The van der Waals surface area contributed by atoms with Crippen molar-refractivity contribution in [3.63, 3.8) is 0 Å². The fourth-order valence-corrected chi connectivity index (χ4v) is 3.38. The lowest BCUT2D eigenvalue weighted by Crippen LogP contribution is -2.22. The number of ether oxygens (including phenoxy) is 1. The Kier molecular flexibility index (Phi) is 6.36. The van der Waals surface area contributed by atoms with Crippen LogP contribution in [0.4, 0.5) is 10.5 Å². The predicted molar refractivity (Wildman–Crippen MR) is 129 cm³/mol. The molecule has 3 aromatic carbocycles. The van der Waals surface area contributed by atoms with Gasteiger partial charge in [0, 0.05) is 12.7 Å². The molecule has 0 atom stereocenters. The average Bonchev–Trinajstić information content (AvgIpc) is 2.84. The zero-order valence-corrected chi connectivity index (χ0v) is 18.0. The average molecular weight is 441 g/mol. The van der Waals surface area contributed by atoms with Crippen LogP contribution < -0.4 is 21.9 Å². The van der Waals surface area contributed by atoms with E-state index in [-0.39, 0.29) is 17.9 Å². The van der Waals surface area contributed by atoms with E-state index < -0.39 is 6.09 Å². The Morgan fingerprint density at radius 2 is 1.79 bits per heavy atom. The van der Waals surface area contributed by atoms with Gasteiger partial charge in [-0.15, -0.1) is 0 Å². The van der Waals surface area contributed by atoms with E-state index in [1.165, 1.54) is 0 Å². The summed E-state index contributed by atoms with van der Waals surface area (Å²) < 4.78 is 5.32. The van der Waals surface area contributed by atoms with E-state index in [4.69, 9.17) is 10.5 Å². The first kappa shape index (κ1) is 21.6. The molecule has 5 N–H and O–H groups in total. The first-order chi connectivity index (χ1) is 16.0. The number of hydrogen-bond donors (Lipinski definition) is 4. The highest BCUT2D eigenvalue weighted by Gasteiger charge is 2.14. The van der Waals surface area contributed by atoms with Gasteiger partial charge in [-0.25, -0.2) is 9.78 Å². The van der Waals surface area contributed by atoms with E-state index >= 15 is 0 Å². The van der Waals surface area contributed by atoms with Crippen molar-refractivity contribution in [3.05, 3.63) is 106 Å². The van der Waals surface area contributed by atoms with Crippen LogP contribution in [0.5, 0.6) is 0 Å². The molecule has 4 rings (SSSR count). The molecule has 0 aliphatic rings. The van der Waals surface area contributed by atoms with Crippen molar-refractivity contribution in [2.24, 2.45) is 5.73 Å². The van der Waals surface area contributed by atoms with Crippen LogP contribution in [0.1, 0.15) is 16.8 Å². The quantitative estimate of drug-likeness (QED) is 0.362. The van der Waals surface area contributed by atoms with Crippen molar-refractivity contribution < 1.29 is 9.53 Å². The highest BCUT2D eigenvalue weighted by atomic mass is 16.5. The monoisotopic (exact) mass is 441 g/mol. The van der Waals surface area contributed by atoms with E-state index in [0.29, 0.717) is 33.7 Å². The van der Waals surface area contributed by atoms with Crippen molar-refractivity contribution >= 4 is 34.2 Å². The molecule has 0 aliphatic heterocycles. The molecule has 8 heteroatoms. The molecule has 4 aromatic rings. The number of benzene rings is 3. The van der Waals surface area contributed by atoms with Crippen LogP contribution in [0.15, 0.2) is 83.7 Å². The maximum absolute atomic E-state index is 12.7. The van der Waals surface area contributed by atoms with E-state index in [2.05, 4.69) is 20.6 Å². The Labute approximate surface area is 190 Å². The zero-order chi connectivity index (χ0) is 23.2. The second-order valence-corrected chi connectivity index (χ2v) is 7.24. The second-order valence-electron chi connectivity index (χ2n) is 7.24. The van der Waals surface area contributed by atoms with Crippen molar-refractivity contribution in [2.45, 2.75) is 6.61 Å². The summed E-state index contributed by atoms with van der Waals surface area (Å²) in [6.07, 6.45) is -0.557. The molecule has 1 heterocycles. The second kappa shape index (κ2) is 9.69. The molecule has 0 aliphatic carbocycles. The molecule has 1 aromatic heterocycles. The zero-order valence-electron chi connectivity index (χ0n) is 18.0. The lowest BCUT2D eigenvalue weighted by Gasteiger charge is -2.13. The van der Waals surface area contributed by atoms with Crippen molar-refractivity contribution in [1.29, 1.82) is 0 Å². The number of fused-ring (bicyclic) bond motifs is 1. The molecule has 0 unspecified atom stereocenters. The Balaban J connectivity index is 1.57. The number of carbonyl (C=O) groups excluding carboxylic acids is 1. The van der Waals surface area contributed by atoms with E-state index in [1.807, 2.05) is 48.5 Å². The first-order valence-corrected chi connectivity index (χ1v) is 10.3. The molecule has 1 amide bonds. The standard InChI is InChI=1S/C25H23N5O3/c1-27-22(23-24(31)30-20-13-6-5-12-19(20)29-23)21(26)17-9-7-8-16(14-17)15-33-25(32)28-18-10-3-2-4-11-18/h2-14,27H,15,26H2,1H3,(H,28,32)(H,30,31)/b22-21+. The van der Waals surface area contributed by atoms with Gasteiger partial charge in [-0.05, 0) is 41.5 Å². The van der Waals surface area contributed by atoms with Crippen LogP contribution in [0.3, 0.4) is 0 Å². The molecular formula is C25H23N5O3. The Morgan fingerprint density at radius 1 is 1.03 bits per heavy atom. The number of carbonyl (C=O) groups is 1. The molecule has 0 bridgehead atoms. The summed E-state index contributed by atoms with van der Waals surface area (Å²) in [4.78, 5) is 32.0. The van der Waals surface area contributed by atoms with Crippen molar-refractivity contribution in [1.82, 2.24) is 15.3 Å². The highest BCUT2D eigenvalue weighted by Crippen LogP contribution is 2.20. The molecule has 0 spiro atoms. The Bertz CT molecular complexity index is 1380. The predicted octanol–water partition coefficient (Wildman–Crippen LogP) is 3.68. The van der Waals surface area contributed by atoms with E-state index in [0.717, 1.165) is 5.56 Å². The number of rotatable bonds is 6. The van der Waals surface area contributed by atoms with Crippen LogP contribution >= 0.6 is 0 Å². The van der Waals surface area contributed by atoms with Gasteiger partial charge in [-0.1, -0.05) is 48.5 Å². The summed E-state index contributed by atoms with van der Waals surface area (Å²) >= 11 is 0. The summed E-state index contributed by atoms with van der Waals surface area (Å²) in [6.45, 7) is 0.0590. The van der Waals surface area contributed by atoms with Crippen LogP contribution in [0.25, 0.3) is 22.4 Å². The number of para-hydroxylation sites is 3. The fourth-order valence-electron chi connectivity index (χ4n) is 3.38. The molecule has 0 fully saturated rings. The minimum absolute atomic E-state index is 0.0590. The molecular weight excluding hydrogens is 418 g/mol. The summed E-state index contributed by atoms with van der Waals surface area (Å²) in [7, 11) is 1.68.